The summed E-state index contributed by atoms with van der Waals surface area (Å²) in [7, 11) is 0. The number of hydrogen-bond donors (Lipinski definition) is 1. The molecule has 0 aliphatic carbocycles. The minimum Gasteiger partial charge on any atom is -0.321 e. The van der Waals surface area contributed by atoms with Crippen molar-refractivity contribution in [3.63, 3.8) is 0 Å². The minimum absolute atomic E-state index is 0.252. The van der Waals surface area contributed by atoms with Crippen LogP contribution in [0.4, 0.5) is 4.39 Å². The van der Waals surface area contributed by atoms with Crippen LogP contribution in [0.5, 0.6) is 0 Å². The third kappa shape index (κ3) is 3.09. The lowest BCUT2D eigenvalue weighted by Gasteiger charge is -2.25. The minimum atomic E-state index is -0.543. The molecule has 0 heterocycles. The molecule has 2 aromatic rings. The normalized spacial score (nSPS) is 14.2. The van der Waals surface area contributed by atoms with Gasteiger partial charge < -0.3 is 5.73 Å². The van der Waals surface area contributed by atoms with E-state index in [2.05, 4.69) is 0 Å². The van der Waals surface area contributed by atoms with Gasteiger partial charge in [0, 0.05) is 10.6 Å². The average molecular weight is 264 g/mol. The number of halogens is 2. The summed E-state index contributed by atoms with van der Waals surface area (Å²) in [5.74, 6) is -0.252. The molecular weight excluding hydrogens is 249 g/mol. The van der Waals surface area contributed by atoms with E-state index in [1.807, 2.05) is 31.2 Å². The Morgan fingerprint density at radius 3 is 2.44 bits per heavy atom. The van der Waals surface area contributed by atoms with Gasteiger partial charge in [0.05, 0.1) is 0 Å². The Kier molecular flexibility index (Phi) is 3.69. The van der Waals surface area contributed by atoms with Crippen molar-refractivity contribution in [3.05, 3.63) is 70.5 Å². The predicted molar refractivity (Wildman–Crippen MR) is 73.1 cm³/mol. The molecule has 0 amide bonds. The summed E-state index contributed by atoms with van der Waals surface area (Å²) in [6, 6.07) is 13.9. The van der Waals surface area contributed by atoms with Gasteiger partial charge in [-0.2, -0.15) is 0 Å². The summed E-state index contributed by atoms with van der Waals surface area (Å²) >= 11 is 5.95. The standard InChI is InChI=1S/C15H15ClFN/c1-15(18,12-5-7-14(17)8-6-12)10-11-3-2-4-13(16)9-11/h2-9H,10,18H2,1H3. The highest BCUT2D eigenvalue weighted by molar-refractivity contribution is 6.30. The van der Waals surface area contributed by atoms with E-state index >= 15 is 0 Å². The molecule has 18 heavy (non-hydrogen) atoms. The van der Waals surface area contributed by atoms with Crippen LogP contribution < -0.4 is 5.73 Å². The molecule has 0 saturated heterocycles. The van der Waals surface area contributed by atoms with Gasteiger partial charge in [0.25, 0.3) is 0 Å². The van der Waals surface area contributed by atoms with Crippen molar-refractivity contribution in [2.24, 2.45) is 5.73 Å². The van der Waals surface area contributed by atoms with E-state index in [9.17, 15) is 4.39 Å². The van der Waals surface area contributed by atoms with E-state index in [0.717, 1.165) is 11.1 Å². The van der Waals surface area contributed by atoms with Gasteiger partial charge in [0.1, 0.15) is 5.82 Å². The van der Waals surface area contributed by atoms with Gasteiger partial charge in [-0.25, -0.2) is 4.39 Å². The summed E-state index contributed by atoms with van der Waals surface area (Å²) in [5, 5.41) is 0.697. The van der Waals surface area contributed by atoms with E-state index in [4.69, 9.17) is 17.3 Å². The van der Waals surface area contributed by atoms with Crippen LogP contribution in [0.3, 0.4) is 0 Å². The molecule has 2 aromatic carbocycles. The summed E-state index contributed by atoms with van der Waals surface area (Å²) in [6.07, 6.45) is 0.652. The van der Waals surface area contributed by atoms with Crippen molar-refractivity contribution in [1.29, 1.82) is 0 Å². The average Bonchev–Trinajstić information content (AvgIpc) is 2.29. The molecule has 2 N–H and O–H groups in total. The number of nitrogens with two attached hydrogens (primary N) is 1. The van der Waals surface area contributed by atoms with E-state index in [1.165, 1.54) is 12.1 Å². The Balaban J connectivity index is 2.23. The number of hydrogen-bond acceptors (Lipinski definition) is 1. The molecule has 0 fully saturated rings. The highest BCUT2D eigenvalue weighted by atomic mass is 35.5. The maximum Gasteiger partial charge on any atom is 0.123 e. The molecule has 0 aliphatic heterocycles. The Morgan fingerprint density at radius 1 is 1.17 bits per heavy atom. The molecule has 94 valence electrons. The Labute approximate surface area is 111 Å². The molecule has 2 rings (SSSR count). The van der Waals surface area contributed by atoms with Gasteiger partial charge in [-0.1, -0.05) is 35.9 Å². The van der Waals surface area contributed by atoms with E-state index in [1.54, 1.807) is 12.1 Å². The molecular formula is C15H15ClFN. The molecule has 0 aromatic heterocycles. The highest BCUT2D eigenvalue weighted by Crippen LogP contribution is 2.24. The van der Waals surface area contributed by atoms with Gasteiger partial charge in [0.15, 0.2) is 0 Å². The van der Waals surface area contributed by atoms with Gasteiger partial charge in [0.2, 0.25) is 0 Å². The van der Waals surface area contributed by atoms with Crippen LogP contribution in [-0.2, 0) is 12.0 Å². The van der Waals surface area contributed by atoms with E-state index < -0.39 is 5.54 Å². The van der Waals surface area contributed by atoms with E-state index in [-0.39, 0.29) is 5.82 Å². The van der Waals surface area contributed by atoms with Crippen LogP contribution >= 0.6 is 11.6 Å². The Bertz CT molecular complexity index is 534. The Morgan fingerprint density at radius 2 is 1.83 bits per heavy atom. The van der Waals surface area contributed by atoms with Crippen LogP contribution in [0.25, 0.3) is 0 Å². The van der Waals surface area contributed by atoms with Gasteiger partial charge in [-0.05, 0) is 48.7 Å². The fraction of sp³-hybridized carbons (Fsp3) is 0.200. The first-order valence-electron chi connectivity index (χ1n) is 5.77. The quantitative estimate of drug-likeness (QED) is 0.893. The smallest absolute Gasteiger partial charge is 0.123 e. The zero-order valence-corrected chi connectivity index (χ0v) is 10.9. The van der Waals surface area contributed by atoms with Crippen LogP contribution in [0, 0.1) is 5.82 Å². The topological polar surface area (TPSA) is 26.0 Å². The Hall–Kier alpha value is -1.38. The SMILES string of the molecule is CC(N)(Cc1cccc(Cl)c1)c1ccc(F)cc1. The zero-order chi connectivity index (χ0) is 13.2. The van der Waals surface area contributed by atoms with Crippen molar-refractivity contribution in [2.45, 2.75) is 18.9 Å². The summed E-state index contributed by atoms with van der Waals surface area (Å²) in [6.45, 7) is 1.93. The maximum absolute atomic E-state index is 12.9. The van der Waals surface area contributed by atoms with Crippen molar-refractivity contribution in [2.75, 3.05) is 0 Å². The van der Waals surface area contributed by atoms with Gasteiger partial charge in [-0.15, -0.1) is 0 Å². The fourth-order valence-electron chi connectivity index (χ4n) is 2.00. The number of benzene rings is 2. The monoisotopic (exact) mass is 263 g/mol. The largest absolute Gasteiger partial charge is 0.321 e. The molecule has 0 radical (unpaired) electrons. The van der Waals surface area contributed by atoms with Crippen molar-refractivity contribution < 1.29 is 4.39 Å². The lowest BCUT2D eigenvalue weighted by Crippen LogP contribution is -2.35. The molecule has 0 aliphatic rings. The van der Waals surface area contributed by atoms with Crippen LogP contribution in [-0.4, -0.2) is 0 Å². The molecule has 1 atom stereocenters. The maximum atomic E-state index is 12.9. The van der Waals surface area contributed by atoms with E-state index in [0.29, 0.717) is 11.4 Å². The summed E-state index contributed by atoms with van der Waals surface area (Å²) in [4.78, 5) is 0. The van der Waals surface area contributed by atoms with Gasteiger partial charge in [-0.3, -0.25) is 0 Å². The molecule has 0 saturated carbocycles. The van der Waals surface area contributed by atoms with Crippen molar-refractivity contribution in [1.82, 2.24) is 0 Å². The second kappa shape index (κ2) is 5.09. The molecule has 1 nitrogen and oxygen atoms in total. The fourth-order valence-corrected chi connectivity index (χ4v) is 2.22. The molecule has 0 spiro atoms. The summed E-state index contributed by atoms with van der Waals surface area (Å²) < 4.78 is 12.9. The molecule has 1 unspecified atom stereocenters. The molecule has 3 heteroatoms. The summed E-state index contributed by atoms with van der Waals surface area (Å²) in [5.41, 5.74) is 7.73. The van der Waals surface area contributed by atoms with Crippen LogP contribution in [0.15, 0.2) is 48.5 Å². The van der Waals surface area contributed by atoms with Crippen LogP contribution in [0.2, 0.25) is 5.02 Å². The third-order valence-corrected chi connectivity index (χ3v) is 3.20. The first-order valence-corrected chi connectivity index (χ1v) is 6.14. The highest BCUT2D eigenvalue weighted by Gasteiger charge is 2.21. The third-order valence-electron chi connectivity index (χ3n) is 2.96. The molecule has 0 bridgehead atoms. The van der Waals surface area contributed by atoms with Crippen molar-refractivity contribution >= 4 is 11.6 Å². The number of rotatable bonds is 3. The predicted octanol–water partition coefficient (Wildman–Crippen LogP) is 3.90. The van der Waals surface area contributed by atoms with Gasteiger partial charge >= 0.3 is 0 Å². The van der Waals surface area contributed by atoms with Crippen molar-refractivity contribution in [3.8, 4) is 0 Å². The zero-order valence-electron chi connectivity index (χ0n) is 10.2. The lowest BCUT2D eigenvalue weighted by atomic mass is 9.87. The first-order chi connectivity index (χ1) is 8.47. The van der Waals surface area contributed by atoms with Crippen LogP contribution in [0.1, 0.15) is 18.1 Å². The lowest BCUT2D eigenvalue weighted by molar-refractivity contribution is 0.490. The first kappa shape index (κ1) is 13.1. The second-order valence-corrected chi connectivity index (χ2v) is 5.17. The second-order valence-electron chi connectivity index (χ2n) is 4.73.